The zero-order valence-corrected chi connectivity index (χ0v) is 17.7. The number of H-pyrrole nitrogens is 1. The van der Waals surface area contributed by atoms with Gasteiger partial charge in [-0.1, -0.05) is 0 Å². The van der Waals surface area contributed by atoms with Gasteiger partial charge in [-0.15, -0.1) is 0 Å². The van der Waals surface area contributed by atoms with Crippen molar-refractivity contribution in [1.82, 2.24) is 19.9 Å². The first-order chi connectivity index (χ1) is 15.6. The molecule has 1 amide bonds. The van der Waals surface area contributed by atoms with E-state index in [0.29, 0.717) is 85.2 Å². The minimum absolute atomic E-state index is 0.0257. The summed E-state index contributed by atoms with van der Waals surface area (Å²) >= 11 is 0. The number of anilines is 1. The van der Waals surface area contributed by atoms with Crippen molar-refractivity contribution < 1.29 is 19.4 Å². The molecule has 2 N–H and O–H groups in total. The fourth-order valence-corrected chi connectivity index (χ4v) is 4.11. The molecule has 0 aliphatic carbocycles. The fraction of sp³-hybridized carbons (Fsp3) is 0.364. The van der Waals surface area contributed by atoms with Crippen molar-refractivity contribution in [2.24, 2.45) is 4.99 Å². The summed E-state index contributed by atoms with van der Waals surface area (Å²) in [5.41, 5.74) is 1.68. The zero-order chi connectivity index (χ0) is 22.1. The monoisotopic (exact) mass is 436 g/mol. The quantitative estimate of drug-likeness (QED) is 0.601. The Balaban J connectivity index is 1.60. The van der Waals surface area contributed by atoms with Crippen LogP contribution in [0.1, 0.15) is 18.4 Å². The van der Waals surface area contributed by atoms with Gasteiger partial charge in [0, 0.05) is 44.9 Å². The van der Waals surface area contributed by atoms with Crippen molar-refractivity contribution in [2.45, 2.75) is 12.8 Å². The molecule has 5 heterocycles. The van der Waals surface area contributed by atoms with Crippen molar-refractivity contribution >= 4 is 34.7 Å². The molecule has 0 unspecified atom stereocenters. The third-order valence-electron chi connectivity index (χ3n) is 5.80. The molecule has 6 rings (SSSR count). The molecule has 2 aromatic heterocycles. The summed E-state index contributed by atoms with van der Waals surface area (Å²) in [6.07, 6.45) is 4.11. The number of carbonyl (C=O) groups excluding carboxylic acids is 1. The van der Waals surface area contributed by atoms with Gasteiger partial charge in [-0.3, -0.25) is 9.79 Å². The average molecular weight is 436 g/mol. The Morgan fingerprint density at radius 2 is 1.97 bits per heavy atom. The number of aromatic nitrogens is 3. The van der Waals surface area contributed by atoms with Gasteiger partial charge >= 0.3 is 0 Å². The smallest absolute Gasteiger partial charge is 0.222 e. The number of hydrogen-bond acceptors (Lipinski definition) is 8. The molecule has 1 saturated heterocycles. The first-order valence-corrected chi connectivity index (χ1v) is 10.6. The summed E-state index contributed by atoms with van der Waals surface area (Å²) in [7, 11) is 1.58. The molecule has 3 aliphatic rings. The van der Waals surface area contributed by atoms with Gasteiger partial charge in [-0.2, -0.15) is 0 Å². The number of rotatable bonds is 1. The summed E-state index contributed by atoms with van der Waals surface area (Å²) in [6, 6.07) is 5.36. The highest BCUT2D eigenvalue weighted by molar-refractivity contribution is 6.06. The molecule has 32 heavy (non-hydrogen) atoms. The lowest BCUT2D eigenvalue weighted by atomic mass is 10.2. The van der Waals surface area contributed by atoms with Crippen molar-refractivity contribution in [3.8, 4) is 17.4 Å². The van der Waals surface area contributed by atoms with E-state index in [1.807, 2.05) is 11.0 Å². The molecule has 1 fully saturated rings. The lowest BCUT2D eigenvalue weighted by molar-refractivity contribution is -0.131. The molecule has 3 aromatic rings. The van der Waals surface area contributed by atoms with Crippen molar-refractivity contribution in [3.05, 3.63) is 30.1 Å². The van der Waals surface area contributed by atoms with Crippen molar-refractivity contribution in [3.63, 3.8) is 0 Å². The Hall–Kier alpha value is -3.82. The fourth-order valence-electron chi connectivity index (χ4n) is 4.11. The van der Waals surface area contributed by atoms with Crippen LogP contribution in [0, 0.1) is 0 Å². The summed E-state index contributed by atoms with van der Waals surface area (Å²) in [6.45, 7) is 2.92. The Kier molecular flexibility index (Phi) is 5.26. The van der Waals surface area contributed by atoms with Gasteiger partial charge in [0.2, 0.25) is 5.91 Å². The summed E-state index contributed by atoms with van der Waals surface area (Å²) in [4.78, 5) is 32.9. The largest absolute Gasteiger partial charge is 0.494 e. The van der Waals surface area contributed by atoms with Gasteiger partial charge in [0.1, 0.15) is 17.8 Å². The minimum Gasteiger partial charge on any atom is -0.494 e. The normalized spacial score (nSPS) is 16.8. The van der Waals surface area contributed by atoms with Crippen LogP contribution in [-0.4, -0.2) is 77.0 Å². The maximum atomic E-state index is 12.7. The van der Waals surface area contributed by atoms with Crippen LogP contribution < -0.4 is 14.4 Å². The molecule has 0 atom stereocenters. The molecular formula is C22H24N6O4. The van der Waals surface area contributed by atoms with E-state index in [9.17, 15) is 9.90 Å². The number of hydrogen-bond donors (Lipinski definition) is 2. The Morgan fingerprint density at radius 3 is 2.78 bits per heavy atom. The van der Waals surface area contributed by atoms with E-state index in [0.717, 1.165) is 0 Å². The van der Waals surface area contributed by atoms with Crippen LogP contribution in [0.3, 0.4) is 0 Å². The third kappa shape index (κ3) is 3.68. The van der Waals surface area contributed by atoms with Gasteiger partial charge in [-0.05, 0) is 18.6 Å². The predicted molar refractivity (Wildman–Crippen MR) is 119 cm³/mol. The second-order valence-electron chi connectivity index (χ2n) is 7.72. The van der Waals surface area contributed by atoms with E-state index in [4.69, 9.17) is 9.47 Å². The number of piperazine rings is 1. The molecule has 3 aliphatic heterocycles. The highest BCUT2D eigenvalue weighted by Gasteiger charge is 2.25. The van der Waals surface area contributed by atoms with E-state index in [1.165, 1.54) is 6.33 Å². The molecular weight excluding hydrogens is 412 g/mol. The number of nitrogens with zero attached hydrogens (tertiary/aromatic N) is 5. The molecule has 0 radical (unpaired) electrons. The SMILES string of the molecule is COc1ccc2cc1OCCCC(=O)N1CCN(CC1)c1ncnc3[nH]c(O)c(c13)C=N2. The van der Waals surface area contributed by atoms with Gasteiger partial charge in [0.15, 0.2) is 17.4 Å². The minimum atomic E-state index is -0.0257. The lowest BCUT2D eigenvalue weighted by Gasteiger charge is -2.35. The van der Waals surface area contributed by atoms with Crippen LogP contribution in [-0.2, 0) is 4.79 Å². The second kappa shape index (κ2) is 8.37. The van der Waals surface area contributed by atoms with Gasteiger partial charge in [0.05, 0.1) is 30.4 Å². The number of aromatic hydroxyl groups is 1. The van der Waals surface area contributed by atoms with E-state index >= 15 is 0 Å². The van der Waals surface area contributed by atoms with Crippen LogP contribution >= 0.6 is 0 Å². The van der Waals surface area contributed by atoms with Crippen LogP contribution in [0.5, 0.6) is 17.4 Å². The van der Waals surface area contributed by atoms with Crippen molar-refractivity contribution in [2.75, 3.05) is 44.8 Å². The van der Waals surface area contributed by atoms with Crippen LogP contribution in [0.4, 0.5) is 11.5 Å². The number of amides is 1. The van der Waals surface area contributed by atoms with Crippen LogP contribution in [0.15, 0.2) is 29.5 Å². The Labute approximate surface area is 184 Å². The molecule has 1 aromatic carbocycles. The van der Waals surface area contributed by atoms with E-state index in [1.54, 1.807) is 25.5 Å². The Bertz CT molecular complexity index is 1180. The topological polar surface area (TPSA) is 116 Å². The standard InChI is InChI=1S/C22H24N6O4/c1-31-16-5-4-14-11-17(16)32-10-2-3-18(29)27-6-8-28(9-7-27)21-19-15(12-23-14)22(30)26-20(19)24-13-25-21/h4-5,11-13,30H,2-3,6-10H2,1H3,(H,24,25,26). The first-order valence-electron chi connectivity index (χ1n) is 10.6. The molecule has 166 valence electrons. The van der Waals surface area contributed by atoms with Crippen LogP contribution in [0.25, 0.3) is 11.0 Å². The van der Waals surface area contributed by atoms with E-state index in [2.05, 4.69) is 24.8 Å². The van der Waals surface area contributed by atoms with E-state index < -0.39 is 0 Å². The Morgan fingerprint density at radius 1 is 1.16 bits per heavy atom. The number of aliphatic imine (C=N–C) groups is 1. The number of fused-ring (bicyclic) bond motifs is 6. The molecule has 0 spiro atoms. The average Bonchev–Trinajstić information content (AvgIpc) is 3.15. The predicted octanol–water partition coefficient (Wildman–Crippen LogP) is 2.24. The molecule has 10 heteroatoms. The van der Waals surface area contributed by atoms with Gasteiger partial charge in [0.25, 0.3) is 0 Å². The summed E-state index contributed by atoms with van der Waals surface area (Å²) < 4.78 is 11.3. The summed E-state index contributed by atoms with van der Waals surface area (Å²) in [5.74, 6) is 1.95. The number of aromatic amines is 1. The maximum absolute atomic E-state index is 12.7. The summed E-state index contributed by atoms with van der Waals surface area (Å²) in [5, 5.41) is 11.2. The zero-order valence-electron chi connectivity index (χ0n) is 17.7. The lowest BCUT2D eigenvalue weighted by Crippen LogP contribution is -2.49. The van der Waals surface area contributed by atoms with Crippen molar-refractivity contribution in [1.29, 1.82) is 0 Å². The number of nitrogens with one attached hydrogen (secondary N) is 1. The maximum Gasteiger partial charge on any atom is 0.222 e. The highest BCUT2D eigenvalue weighted by Crippen LogP contribution is 2.34. The first kappa shape index (κ1) is 20.1. The van der Waals surface area contributed by atoms with Gasteiger partial charge in [-0.25, -0.2) is 9.97 Å². The third-order valence-corrected chi connectivity index (χ3v) is 5.80. The number of ether oxygens (including phenoxy) is 2. The second-order valence-corrected chi connectivity index (χ2v) is 7.72. The van der Waals surface area contributed by atoms with Gasteiger partial charge < -0.3 is 29.4 Å². The van der Waals surface area contributed by atoms with Crippen LogP contribution in [0.2, 0.25) is 0 Å². The highest BCUT2D eigenvalue weighted by atomic mass is 16.5. The van der Waals surface area contributed by atoms with E-state index in [-0.39, 0.29) is 11.8 Å². The number of methoxy groups -OCH3 is 1. The number of carbonyl (C=O) groups is 1. The molecule has 4 bridgehead atoms. The number of benzene rings is 1. The molecule has 0 saturated carbocycles. The molecule has 10 nitrogen and oxygen atoms in total.